The summed E-state index contributed by atoms with van der Waals surface area (Å²) in [6.45, 7) is 6.39. The molecule has 0 fully saturated rings. The van der Waals surface area contributed by atoms with Crippen molar-refractivity contribution in [3.63, 3.8) is 0 Å². The Kier molecular flexibility index (Phi) is 3.52. The fourth-order valence-electron chi connectivity index (χ4n) is 2.96. The molecule has 0 saturated heterocycles. The summed E-state index contributed by atoms with van der Waals surface area (Å²) in [4.78, 5) is 15.5. The average Bonchev–Trinajstić information content (AvgIpc) is 3.20. The third-order valence-electron chi connectivity index (χ3n) is 4.39. The smallest absolute Gasteiger partial charge is 0.159 e. The van der Waals surface area contributed by atoms with Crippen molar-refractivity contribution in [1.29, 1.82) is 0 Å². The van der Waals surface area contributed by atoms with Gasteiger partial charge >= 0.3 is 0 Å². The van der Waals surface area contributed by atoms with E-state index in [4.69, 9.17) is 4.98 Å². The van der Waals surface area contributed by atoms with Gasteiger partial charge in [-0.1, -0.05) is 20.8 Å². The molecule has 24 heavy (non-hydrogen) atoms. The maximum atomic E-state index is 4.74. The van der Waals surface area contributed by atoms with E-state index < -0.39 is 0 Å². The summed E-state index contributed by atoms with van der Waals surface area (Å²) < 4.78 is 0. The van der Waals surface area contributed by atoms with Crippen molar-refractivity contribution in [3.05, 3.63) is 47.8 Å². The molecule has 0 aliphatic heterocycles. The van der Waals surface area contributed by atoms with Crippen molar-refractivity contribution < 1.29 is 0 Å². The molecule has 1 unspecified atom stereocenters. The van der Waals surface area contributed by atoms with Crippen LogP contribution in [0.3, 0.4) is 0 Å². The number of hydrogen-bond acceptors (Lipinski definition) is 4. The zero-order chi connectivity index (χ0) is 16.7. The Bertz CT molecular complexity index is 997. The molecular weight excluding hydrogens is 300 g/mol. The van der Waals surface area contributed by atoms with Crippen molar-refractivity contribution >= 4 is 22.1 Å². The Labute approximate surface area is 139 Å². The van der Waals surface area contributed by atoms with Crippen LogP contribution in [0.4, 0.5) is 0 Å². The van der Waals surface area contributed by atoms with Crippen molar-refractivity contribution in [2.45, 2.75) is 39.0 Å². The van der Waals surface area contributed by atoms with Gasteiger partial charge in [0.05, 0.1) is 22.9 Å². The van der Waals surface area contributed by atoms with Crippen molar-refractivity contribution in [2.24, 2.45) is 0 Å². The highest BCUT2D eigenvalue weighted by Gasteiger charge is 2.15. The van der Waals surface area contributed by atoms with Gasteiger partial charge in [0.1, 0.15) is 5.82 Å². The van der Waals surface area contributed by atoms with E-state index in [-0.39, 0.29) is 5.92 Å². The van der Waals surface area contributed by atoms with E-state index in [2.05, 4.69) is 52.0 Å². The van der Waals surface area contributed by atoms with Gasteiger partial charge in [0.25, 0.3) is 0 Å². The normalized spacial score (nSPS) is 13.2. The number of aromatic nitrogens is 6. The van der Waals surface area contributed by atoms with Crippen LogP contribution in [0, 0.1) is 0 Å². The second-order valence-electron chi connectivity index (χ2n) is 6.62. The minimum absolute atomic E-state index is 0.258. The lowest BCUT2D eigenvalue weighted by Crippen LogP contribution is -2.03. The fraction of sp³-hybridized carbons (Fsp3) is 0.333. The molecule has 0 spiro atoms. The first-order valence-electron chi connectivity index (χ1n) is 8.25. The van der Waals surface area contributed by atoms with Crippen LogP contribution in [0.25, 0.3) is 22.1 Å². The lowest BCUT2D eigenvalue weighted by molar-refractivity contribution is 0.716. The number of nitrogens with one attached hydrogen (secondary N) is 2. The predicted octanol–water partition coefficient (Wildman–Crippen LogP) is 3.70. The van der Waals surface area contributed by atoms with Gasteiger partial charge in [0, 0.05) is 29.6 Å². The van der Waals surface area contributed by atoms with E-state index in [0.29, 0.717) is 5.92 Å². The maximum absolute atomic E-state index is 4.74. The van der Waals surface area contributed by atoms with Gasteiger partial charge in [-0.25, -0.2) is 9.97 Å². The molecule has 2 N–H and O–H groups in total. The lowest BCUT2D eigenvalue weighted by atomic mass is 9.98. The van der Waals surface area contributed by atoms with Gasteiger partial charge in [0.15, 0.2) is 5.65 Å². The first-order chi connectivity index (χ1) is 11.6. The molecule has 0 bridgehead atoms. The van der Waals surface area contributed by atoms with Gasteiger partial charge in [-0.3, -0.25) is 0 Å². The number of H-pyrrole nitrogens is 2. The average molecular weight is 320 g/mol. The van der Waals surface area contributed by atoms with Crippen molar-refractivity contribution in [2.75, 3.05) is 0 Å². The molecule has 0 saturated carbocycles. The van der Waals surface area contributed by atoms with E-state index in [9.17, 15) is 0 Å². The van der Waals surface area contributed by atoms with Crippen LogP contribution in [0.15, 0.2) is 30.7 Å². The first-order valence-corrected chi connectivity index (χ1v) is 8.25. The summed E-state index contributed by atoms with van der Waals surface area (Å²) in [6, 6.07) is 4.13. The van der Waals surface area contributed by atoms with Gasteiger partial charge < -0.3 is 9.97 Å². The number of fused-ring (bicyclic) bond motifs is 2. The second kappa shape index (κ2) is 5.70. The SMILES string of the molecule is CC(C)c1ncc2[nH]cc(CC(C)c3cc4cc[nH]c4nn3)c2n1. The minimum atomic E-state index is 0.258. The summed E-state index contributed by atoms with van der Waals surface area (Å²) in [7, 11) is 0. The van der Waals surface area contributed by atoms with Crippen molar-refractivity contribution in [1.82, 2.24) is 30.1 Å². The molecule has 0 aromatic carbocycles. The highest BCUT2D eigenvalue weighted by Crippen LogP contribution is 2.25. The predicted molar refractivity (Wildman–Crippen MR) is 94.0 cm³/mol. The molecule has 122 valence electrons. The van der Waals surface area contributed by atoms with Crippen LogP contribution >= 0.6 is 0 Å². The first kappa shape index (κ1) is 14.8. The van der Waals surface area contributed by atoms with Gasteiger partial charge in [0.2, 0.25) is 0 Å². The van der Waals surface area contributed by atoms with Crippen LogP contribution in [-0.2, 0) is 6.42 Å². The molecule has 0 aliphatic carbocycles. The highest BCUT2D eigenvalue weighted by atomic mass is 15.1. The van der Waals surface area contributed by atoms with Crippen LogP contribution in [0.5, 0.6) is 0 Å². The Hall–Kier alpha value is -2.76. The Balaban J connectivity index is 1.66. The minimum Gasteiger partial charge on any atom is -0.358 e. The van der Waals surface area contributed by atoms with Gasteiger partial charge in [-0.05, 0) is 24.1 Å². The molecule has 6 nitrogen and oxygen atoms in total. The Morgan fingerprint density at radius 3 is 2.83 bits per heavy atom. The fourth-order valence-corrected chi connectivity index (χ4v) is 2.96. The van der Waals surface area contributed by atoms with E-state index in [0.717, 1.165) is 40.0 Å². The summed E-state index contributed by atoms with van der Waals surface area (Å²) in [5, 5.41) is 9.71. The zero-order valence-corrected chi connectivity index (χ0v) is 14.0. The summed E-state index contributed by atoms with van der Waals surface area (Å²) in [6.07, 6.45) is 6.65. The lowest BCUT2D eigenvalue weighted by Gasteiger charge is -2.10. The molecule has 4 heterocycles. The molecule has 0 aliphatic rings. The zero-order valence-electron chi connectivity index (χ0n) is 14.0. The van der Waals surface area contributed by atoms with Crippen molar-refractivity contribution in [3.8, 4) is 0 Å². The quantitative estimate of drug-likeness (QED) is 0.600. The third kappa shape index (κ3) is 2.54. The number of hydrogen-bond donors (Lipinski definition) is 2. The van der Waals surface area contributed by atoms with Crippen LogP contribution < -0.4 is 0 Å². The monoisotopic (exact) mass is 320 g/mol. The van der Waals surface area contributed by atoms with E-state index in [1.807, 2.05) is 24.7 Å². The van der Waals surface area contributed by atoms with Gasteiger partial charge in [-0.2, -0.15) is 5.10 Å². The molecule has 0 radical (unpaired) electrons. The largest absolute Gasteiger partial charge is 0.358 e. The molecule has 6 heteroatoms. The summed E-state index contributed by atoms with van der Waals surface area (Å²) in [5.74, 6) is 1.45. The number of aromatic amines is 2. The van der Waals surface area contributed by atoms with Crippen LogP contribution in [-0.4, -0.2) is 30.1 Å². The summed E-state index contributed by atoms with van der Waals surface area (Å²) in [5.41, 5.74) is 5.00. The van der Waals surface area contributed by atoms with E-state index in [1.165, 1.54) is 5.56 Å². The maximum Gasteiger partial charge on any atom is 0.159 e. The Morgan fingerprint density at radius 2 is 2.00 bits per heavy atom. The Morgan fingerprint density at radius 1 is 1.12 bits per heavy atom. The van der Waals surface area contributed by atoms with Crippen LogP contribution in [0.1, 0.15) is 49.7 Å². The molecule has 4 aromatic heterocycles. The topological polar surface area (TPSA) is 83.1 Å². The molecular formula is C18H20N6. The number of rotatable bonds is 4. The standard InChI is InChI=1S/C18H20N6/c1-10(2)17-21-9-15-16(22-17)13(8-20-15)6-11(3)14-7-12-4-5-19-18(12)24-23-14/h4-5,7-11,20H,6H2,1-3H3,(H,19,24). The highest BCUT2D eigenvalue weighted by molar-refractivity contribution is 5.78. The molecule has 4 aromatic rings. The third-order valence-corrected chi connectivity index (χ3v) is 4.39. The second-order valence-corrected chi connectivity index (χ2v) is 6.62. The molecule has 1 atom stereocenters. The van der Waals surface area contributed by atoms with E-state index >= 15 is 0 Å². The van der Waals surface area contributed by atoms with Gasteiger partial charge in [-0.15, -0.1) is 5.10 Å². The molecule has 4 rings (SSSR count). The van der Waals surface area contributed by atoms with Crippen LogP contribution in [0.2, 0.25) is 0 Å². The molecule has 0 amide bonds. The number of nitrogens with zero attached hydrogens (tertiary/aromatic N) is 4. The summed E-state index contributed by atoms with van der Waals surface area (Å²) >= 11 is 0. The van der Waals surface area contributed by atoms with E-state index in [1.54, 1.807) is 0 Å².